The van der Waals surface area contributed by atoms with E-state index in [4.69, 9.17) is 0 Å². The highest BCUT2D eigenvalue weighted by molar-refractivity contribution is 5.76. The van der Waals surface area contributed by atoms with Crippen molar-refractivity contribution in [2.75, 3.05) is 0 Å². The van der Waals surface area contributed by atoms with Crippen molar-refractivity contribution in [1.82, 2.24) is 15.1 Å². The second-order valence-electron chi connectivity index (χ2n) is 4.72. The first kappa shape index (κ1) is 13.3. The van der Waals surface area contributed by atoms with Gasteiger partial charge in [-0.15, -0.1) is 0 Å². The number of hydrogen-bond acceptors (Lipinski definition) is 2. The molecule has 1 N–H and O–H groups in total. The molecule has 4 nitrogen and oxygen atoms in total. The van der Waals surface area contributed by atoms with Gasteiger partial charge in [0.05, 0.1) is 12.2 Å². The van der Waals surface area contributed by atoms with Crippen molar-refractivity contribution in [3.8, 4) is 0 Å². The predicted octanol–water partition coefficient (Wildman–Crippen LogP) is 2.23. The minimum absolute atomic E-state index is 0.00280. The Morgan fingerprint density at radius 3 is 2.74 bits per heavy atom. The summed E-state index contributed by atoms with van der Waals surface area (Å²) in [7, 11) is 1.87. The number of amides is 1. The summed E-state index contributed by atoms with van der Waals surface area (Å²) in [6.07, 6.45) is 4.98. The molecule has 1 heterocycles. The molecule has 0 aliphatic carbocycles. The average Bonchev–Trinajstić information content (AvgIpc) is 2.84. The van der Waals surface area contributed by atoms with Gasteiger partial charge in [0.15, 0.2) is 0 Å². The van der Waals surface area contributed by atoms with E-state index in [-0.39, 0.29) is 11.9 Å². The Kier molecular flexibility index (Phi) is 4.34. The van der Waals surface area contributed by atoms with E-state index >= 15 is 0 Å². The quantitative estimate of drug-likeness (QED) is 0.893. The molecule has 0 aliphatic rings. The number of aryl methyl sites for hydroxylation is 2. The molecule has 1 aromatic carbocycles. The van der Waals surface area contributed by atoms with Crippen LogP contribution < -0.4 is 5.32 Å². The van der Waals surface area contributed by atoms with Crippen molar-refractivity contribution in [2.45, 2.75) is 25.8 Å². The van der Waals surface area contributed by atoms with Crippen LogP contribution in [-0.2, 0) is 18.3 Å². The van der Waals surface area contributed by atoms with E-state index in [9.17, 15) is 4.79 Å². The van der Waals surface area contributed by atoms with Gasteiger partial charge in [-0.2, -0.15) is 5.10 Å². The highest BCUT2D eigenvalue weighted by atomic mass is 16.1. The Labute approximate surface area is 113 Å². The molecule has 1 amide bonds. The molecule has 0 fully saturated rings. The summed E-state index contributed by atoms with van der Waals surface area (Å²) in [4.78, 5) is 11.9. The lowest BCUT2D eigenvalue weighted by Gasteiger charge is -2.12. The van der Waals surface area contributed by atoms with Gasteiger partial charge in [-0.1, -0.05) is 30.3 Å². The van der Waals surface area contributed by atoms with Crippen LogP contribution in [0.1, 0.15) is 30.5 Å². The summed E-state index contributed by atoms with van der Waals surface area (Å²) in [6.45, 7) is 1.97. The lowest BCUT2D eigenvalue weighted by atomic mass is 10.1. The molecule has 2 aromatic rings. The summed E-state index contributed by atoms with van der Waals surface area (Å²) in [6, 6.07) is 10.0. The van der Waals surface area contributed by atoms with Crippen molar-refractivity contribution < 1.29 is 4.79 Å². The molecular weight excluding hydrogens is 238 g/mol. The van der Waals surface area contributed by atoms with Crippen molar-refractivity contribution in [3.05, 3.63) is 53.9 Å². The Bertz CT molecular complexity index is 533. The molecule has 0 bridgehead atoms. The minimum atomic E-state index is -0.00280. The van der Waals surface area contributed by atoms with Gasteiger partial charge in [0.2, 0.25) is 5.91 Å². The van der Waals surface area contributed by atoms with Crippen molar-refractivity contribution in [3.63, 3.8) is 0 Å². The molecule has 1 atom stereocenters. The van der Waals surface area contributed by atoms with E-state index in [1.807, 2.05) is 50.5 Å². The van der Waals surface area contributed by atoms with Gasteiger partial charge in [0, 0.05) is 25.2 Å². The lowest BCUT2D eigenvalue weighted by Crippen LogP contribution is -2.26. The van der Waals surface area contributed by atoms with Gasteiger partial charge in [0.25, 0.3) is 0 Å². The predicted molar refractivity (Wildman–Crippen MR) is 74.5 cm³/mol. The monoisotopic (exact) mass is 257 g/mol. The third kappa shape index (κ3) is 3.95. The van der Waals surface area contributed by atoms with E-state index in [0.29, 0.717) is 6.42 Å². The van der Waals surface area contributed by atoms with E-state index in [2.05, 4.69) is 10.4 Å². The van der Waals surface area contributed by atoms with Crippen LogP contribution in [0.15, 0.2) is 42.7 Å². The Balaban J connectivity index is 1.81. The van der Waals surface area contributed by atoms with Gasteiger partial charge in [0.1, 0.15) is 0 Å². The highest BCUT2D eigenvalue weighted by Crippen LogP contribution is 2.11. The molecule has 100 valence electrons. The number of nitrogens with one attached hydrogen (secondary N) is 1. The number of nitrogens with zero attached hydrogens (tertiary/aromatic N) is 2. The van der Waals surface area contributed by atoms with Crippen molar-refractivity contribution in [1.29, 1.82) is 0 Å². The Hall–Kier alpha value is -2.10. The van der Waals surface area contributed by atoms with E-state index in [1.165, 1.54) is 5.56 Å². The number of carbonyl (C=O) groups excluding carboxylic acids is 1. The van der Waals surface area contributed by atoms with Crippen LogP contribution in [0.2, 0.25) is 0 Å². The minimum Gasteiger partial charge on any atom is -0.349 e. The lowest BCUT2D eigenvalue weighted by molar-refractivity contribution is -0.121. The fourth-order valence-corrected chi connectivity index (χ4v) is 1.96. The second kappa shape index (κ2) is 6.18. The Morgan fingerprint density at radius 2 is 2.11 bits per heavy atom. The van der Waals surface area contributed by atoms with Gasteiger partial charge in [-0.3, -0.25) is 9.48 Å². The molecule has 0 saturated carbocycles. The van der Waals surface area contributed by atoms with Crippen LogP contribution in [0.3, 0.4) is 0 Å². The summed E-state index contributed by atoms with van der Waals surface area (Å²) >= 11 is 0. The molecular formula is C15H19N3O. The van der Waals surface area contributed by atoms with Gasteiger partial charge in [-0.25, -0.2) is 0 Å². The standard InChI is InChI=1S/C15H19N3O/c1-12(14-10-16-18(2)11-14)17-15(19)9-8-13-6-4-3-5-7-13/h3-7,10-12H,8-9H2,1-2H3,(H,17,19)/t12-/m1/s1. The van der Waals surface area contributed by atoms with Crippen LogP contribution in [0, 0.1) is 0 Å². The molecule has 0 unspecified atom stereocenters. The van der Waals surface area contributed by atoms with Crippen molar-refractivity contribution >= 4 is 5.91 Å². The van der Waals surface area contributed by atoms with Gasteiger partial charge < -0.3 is 5.32 Å². The summed E-state index contributed by atoms with van der Waals surface area (Å²) in [5.41, 5.74) is 2.21. The molecule has 0 saturated heterocycles. The first-order chi connectivity index (χ1) is 9.15. The van der Waals surface area contributed by atoms with Crippen LogP contribution in [-0.4, -0.2) is 15.7 Å². The molecule has 19 heavy (non-hydrogen) atoms. The molecule has 1 aromatic heterocycles. The average molecular weight is 257 g/mol. The molecule has 0 spiro atoms. The highest BCUT2D eigenvalue weighted by Gasteiger charge is 2.10. The largest absolute Gasteiger partial charge is 0.349 e. The first-order valence-corrected chi connectivity index (χ1v) is 6.47. The summed E-state index contributed by atoms with van der Waals surface area (Å²) in [5, 5.41) is 7.09. The Morgan fingerprint density at radius 1 is 1.37 bits per heavy atom. The van der Waals surface area contributed by atoms with Crippen LogP contribution in [0.5, 0.6) is 0 Å². The summed E-state index contributed by atoms with van der Waals surface area (Å²) in [5.74, 6) is 0.0696. The third-order valence-electron chi connectivity index (χ3n) is 3.09. The maximum Gasteiger partial charge on any atom is 0.220 e. The second-order valence-corrected chi connectivity index (χ2v) is 4.72. The third-order valence-corrected chi connectivity index (χ3v) is 3.09. The normalized spacial score (nSPS) is 12.1. The first-order valence-electron chi connectivity index (χ1n) is 6.47. The smallest absolute Gasteiger partial charge is 0.220 e. The SMILES string of the molecule is C[C@@H](NC(=O)CCc1ccccc1)c1cnn(C)c1. The maximum absolute atomic E-state index is 11.9. The zero-order valence-electron chi connectivity index (χ0n) is 11.3. The molecule has 4 heteroatoms. The summed E-state index contributed by atoms with van der Waals surface area (Å²) < 4.78 is 1.74. The van der Waals surface area contributed by atoms with Crippen LogP contribution >= 0.6 is 0 Å². The van der Waals surface area contributed by atoms with Crippen LogP contribution in [0.25, 0.3) is 0 Å². The molecule has 2 rings (SSSR count). The van der Waals surface area contributed by atoms with E-state index in [1.54, 1.807) is 10.9 Å². The molecule has 0 aliphatic heterocycles. The number of hydrogen-bond donors (Lipinski definition) is 1. The zero-order valence-corrected chi connectivity index (χ0v) is 11.3. The van der Waals surface area contributed by atoms with Crippen LogP contribution in [0.4, 0.5) is 0 Å². The topological polar surface area (TPSA) is 46.9 Å². The molecule has 0 radical (unpaired) electrons. The number of benzene rings is 1. The van der Waals surface area contributed by atoms with E-state index < -0.39 is 0 Å². The number of carbonyl (C=O) groups is 1. The van der Waals surface area contributed by atoms with E-state index in [0.717, 1.165) is 12.0 Å². The van der Waals surface area contributed by atoms with Gasteiger partial charge in [-0.05, 0) is 18.9 Å². The maximum atomic E-state index is 11.9. The zero-order chi connectivity index (χ0) is 13.7. The van der Waals surface area contributed by atoms with Gasteiger partial charge >= 0.3 is 0 Å². The number of rotatable bonds is 5. The fourth-order valence-electron chi connectivity index (χ4n) is 1.96. The fraction of sp³-hybridized carbons (Fsp3) is 0.333. The van der Waals surface area contributed by atoms with Crippen molar-refractivity contribution in [2.24, 2.45) is 7.05 Å². The number of aromatic nitrogens is 2.